The molecule has 3 rings (SSSR count). The minimum atomic E-state index is -0.477. The van der Waals surface area contributed by atoms with Crippen LogP contribution in [-0.2, 0) is 9.59 Å². The highest BCUT2D eigenvalue weighted by molar-refractivity contribution is 8.15. The van der Waals surface area contributed by atoms with Gasteiger partial charge in [-0.05, 0) is 31.9 Å². The minimum Gasteiger partial charge on any atom is -0.478 e. The molecule has 1 atom stereocenters. The Morgan fingerprint density at radius 3 is 2.88 bits per heavy atom. The zero-order valence-corrected chi connectivity index (χ0v) is 19.1. The monoisotopic (exact) mass is 478 g/mol. The summed E-state index contributed by atoms with van der Waals surface area (Å²) in [6.45, 7) is 4.18. The number of nitrogens with one attached hydrogen (secondary N) is 3. The lowest BCUT2D eigenvalue weighted by molar-refractivity contribution is -0.129. The lowest BCUT2D eigenvalue weighted by Crippen LogP contribution is -2.26. The summed E-state index contributed by atoms with van der Waals surface area (Å²) in [5.74, 6) is 0.660. The van der Waals surface area contributed by atoms with Crippen molar-refractivity contribution in [2.75, 3.05) is 23.8 Å². The van der Waals surface area contributed by atoms with Crippen molar-refractivity contribution in [3.8, 4) is 5.88 Å². The molecular weight excluding hydrogens is 456 g/mol. The molecule has 0 saturated heterocycles. The quantitative estimate of drug-likeness (QED) is 0.258. The van der Waals surface area contributed by atoms with Crippen molar-refractivity contribution in [1.82, 2.24) is 15.4 Å². The van der Waals surface area contributed by atoms with Crippen molar-refractivity contribution < 1.29 is 19.5 Å². The van der Waals surface area contributed by atoms with Crippen LogP contribution in [0.1, 0.15) is 24.2 Å². The van der Waals surface area contributed by atoms with Crippen LogP contribution in [0, 0.1) is 13.8 Å². The fraction of sp³-hybridized carbons (Fsp3) is 0.350. The van der Waals surface area contributed by atoms with E-state index in [1.165, 1.54) is 11.8 Å². The number of rotatable bonds is 8. The van der Waals surface area contributed by atoms with Crippen LogP contribution in [0.15, 0.2) is 29.3 Å². The number of amidine groups is 1. The van der Waals surface area contributed by atoms with Gasteiger partial charge in [-0.15, -0.1) is 0 Å². The molecule has 2 aromatic rings. The third-order valence-corrected chi connectivity index (χ3v) is 5.81. The van der Waals surface area contributed by atoms with Gasteiger partial charge in [0, 0.05) is 12.5 Å². The molecule has 0 fully saturated rings. The smallest absolute Gasteiger partial charge is 0.243 e. The van der Waals surface area contributed by atoms with Crippen LogP contribution in [-0.4, -0.2) is 50.6 Å². The highest BCUT2D eigenvalue weighted by Crippen LogP contribution is 2.28. The number of hydrogen-bond acceptors (Lipinski definition) is 9. The zero-order valence-electron chi connectivity index (χ0n) is 17.5. The molecular formula is C20H23ClN6O4S. The molecule has 12 heteroatoms. The van der Waals surface area contributed by atoms with Crippen LogP contribution in [0.25, 0.3) is 0 Å². The molecule has 1 aliphatic rings. The van der Waals surface area contributed by atoms with Crippen LogP contribution in [0.2, 0.25) is 5.02 Å². The topological polar surface area (TPSA) is 138 Å². The number of anilines is 2. The second kappa shape index (κ2) is 11.1. The van der Waals surface area contributed by atoms with E-state index in [4.69, 9.17) is 21.5 Å². The predicted octanol–water partition coefficient (Wildman–Crippen LogP) is 2.93. The average Bonchev–Trinajstić information content (AvgIpc) is 3.22. The third-order valence-electron chi connectivity index (χ3n) is 4.39. The Morgan fingerprint density at radius 1 is 1.31 bits per heavy atom. The molecule has 1 unspecified atom stereocenters. The first-order valence-electron chi connectivity index (χ1n) is 9.81. The van der Waals surface area contributed by atoms with Crippen molar-refractivity contribution in [1.29, 1.82) is 0 Å². The Bertz CT molecular complexity index is 1010. The Labute approximate surface area is 194 Å². The first-order valence-corrected chi connectivity index (χ1v) is 11.1. The summed E-state index contributed by atoms with van der Waals surface area (Å²) in [5.41, 5.74) is 3.06. The van der Waals surface area contributed by atoms with Crippen LogP contribution in [0.5, 0.6) is 5.88 Å². The summed E-state index contributed by atoms with van der Waals surface area (Å²) in [7, 11) is 0. The van der Waals surface area contributed by atoms with E-state index in [2.05, 4.69) is 25.6 Å². The van der Waals surface area contributed by atoms with Gasteiger partial charge >= 0.3 is 0 Å². The molecule has 0 bridgehead atoms. The maximum Gasteiger partial charge on any atom is 0.243 e. The summed E-state index contributed by atoms with van der Waals surface area (Å²) < 4.78 is 5.56. The number of thioether (sulfide) groups is 1. The molecule has 4 N–H and O–H groups in total. The van der Waals surface area contributed by atoms with Gasteiger partial charge in [0.2, 0.25) is 17.7 Å². The van der Waals surface area contributed by atoms with E-state index >= 15 is 0 Å². The second-order valence-corrected chi connectivity index (χ2v) is 8.52. The lowest BCUT2D eigenvalue weighted by atomic mass is 10.2. The van der Waals surface area contributed by atoms with Gasteiger partial charge in [-0.1, -0.05) is 35.5 Å². The number of hydrogen-bond donors (Lipinski definition) is 4. The van der Waals surface area contributed by atoms with Gasteiger partial charge in [-0.25, -0.2) is 10.5 Å². The number of aryl methyl sites for hydroxylation is 2. The Balaban J connectivity index is 1.54. The molecule has 0 spiro atoms. The fourth-order valence-electron chi connectivity index (χ4n) is 2.83. The number of aliphatic imine (C=N–C) groups is 1. The molecule has 10 nitrogen and oxygen atoms in total. The third kappa shape index (κ3) is 6.55. The van der Waals surface area contributed by atoms with Crippen LogP contribution < -0.4 is 20.9 Å². The maximum atomic E-state index is 12.7. The van der Waals surface area contributed by atoms with Crippen LogP contribution in [0.3, 0.4) is 0 Å². The van der Waals surface area contributed by atoms with Gasteiger partial charge in [0.05, 0.1) is 23.9 Å². The lowest BCUT2D eigenvalue weighted by Gasteiger charge is -2.13. The highest BCUT2D eigenvalue weighted by Gasteiger charge is 2.27. The first-order chi connectivity index (χ1) is 15.4. The molecule has 1 aromatic carbocycles. The Kier molecular flexibility index (Phi) is 8.26. The van der Waals surface area contributed by atoms with Gasteiger partial charge in [0.1, 0.15) is 16.9 Å². The summed E-state index contributed by atoms with van der Waals surface area (Å²) in [6, 6.07) is 7.05. The van der Waals surface area contributed by atoms with E-state index in [9.17, 15) is 9.59 Å². The molecule has 0 saturated carbocycles. The molecule has 170 valence electrons. The second-order valence-electron chi connectivity index (χ2n) is 6.92. The number of para-hydroxylation sites is 1. The summed E-state index contributed by atoms with van der Waals surface area (Å²) in [4.78, 5) is 36.6. The summed E-state index contributed by atoms with van der Waals surface area (Å²) in [5, 5.41) is 15.1. The fourth-order valence-corrected chi connectivity index (χ4v) is 3.99. The highest BCUT2D eigenvalue weighted by atomic mass is 35.5. The molecule has 0 radical (unpaired) electrons. The molecule has 1 aliphatic heterocycles. The maximum absolute atomic E-state index is 12.7. The molecule has 32 heavy (non-hydrogen) atoms. The van der Waals surface area contributed by atoms with Crippen molar-refractivity contribution in [2.45, 2.75) is 31.9 Å². The number of carbonyl (C=O) groups excluding carboxylic acids is 2. The van der Waals surface area contributed by atoms with Gasteiger partial charge in [-0.3, -0.25) is 19.8 Å². The number of amides is 2. The van der Waals surface area contributed by atoms with Crippen LogP contribution in [0.4, 0.5) is 11.5 Å². The Hall–Kier alpha value is -2.89. The largest absolute Gasteiger partial charge is 0.478 e. The van der Waals surface area contributed by atoms with E-state index in [0.29, 0.717) is 46.4 Å². The van der Waals surface area contributed by atoms with Gasteiger partial charge < -0.3 is 15.4 Å². The van der Waals surface area contributed by atoms with E-state index in [-0.39, 0.29) is 18.9 Å². The van der Waals surface area contributed by atoms with Crippen molar-refractivity contribution >= 4 is 51.9 Å². The minimum absolute atomic E-state index is 0.135. The zero-order chi connectivity index (χ0) is 23.1. The summed E-state index contributed by atoms with van der Waals surface area (Å²) >= 11 is 7.49. The van der Waals surface area contributed by atoms with Crippen LogP contribution >= 0.6 is 23.4 Å². The number of benzene rings is 1. The van der Waals surface area contributed by atoms with E-state index < -0.39 is 11.2 Å². The number of ether oxygens (including phenoxy) is 1. The number of hydroxylamine groups is 1. The number of carbonyl (C=O) groups is 2. The van der Waals surface area contributed by atoms with Gasteiger partial charge in [0.15, 0.2) is 5.17 Å². The van der Waals surface area contributed by atoms with Crippen molar-refractivity contribution in [3.05, 3.63) is 40.7 Å². The normalized spacial score (nSPS) is 15.1. The SMILES string of the molecule is Cc1nc(NC2=NCC(C(=O)Nc3c(C)cccc3Cl)S2)cc(OCCCC(=O)NO)n1. The first kappa shape index (κ1) is 23.8. The molecule has 1 aromatic heterocycles. The summed E-state index contributed by atoms with van der Waals surface area (Å²) in [6.07, 6.45) is 0.554. The van der Waals surface area contributed by atoms with E-state index in [0.717, 1.165) is 5.56 Å². The standard InChI is InChI=1S/C20H23ClN6O4S/c1-11-5-3-6-13(21)18(11)26-19(29)14-10-22-20(32-14)25-15-9-17(24-12(2)23-15)31-8-4-7-16(28)27-30/h3,5-6,9,14,30H,4,7-8,10H2,1-2H3,(H,26,29)(H,27,28)(H,22,23,24,25). The number of nitrogens with zero attached hydrogens (tertiary/aromatic N) is 3. The van der Waals surface area contributed by atoms with Gasteiger partial charge in [0.25, 0.3) is 0 Å². The molecule has 2 amide bonds. The predicted molar refractivity (Wildman–Crippen MR) is 124 cm³/mol. The average molecular weight is 479 g/mol. The van der Waals surface area contributed by atoms with Crippen molar-refractivity contribution in [3.63, 3.8) is 0 Å². The van der Waals surface area contributed by atoms with Gasteiger partial charge in [-0.2, -0.15) is 4.98 Å². The Morgan fingerprint density at radius 2 is 2.12 bits per heavy atom. The number of aromatic nitrogens is 2. The molecule has 2 heterocycles. The number of halogens is 1. The molecule has 0 aliphatic carbocycles. The van der Waals surface area contributed by atoms with E-state index in [1.807, 2.05) is 19.1 Å². The van der Waals surface area contributed by atoms with E-state index in [1.54, 1.807) is 24.5 Å². The van der Waals surface area contributed by atoms with Crippen molar-refractivity contribution in [2.24, 2.45) is 4.99 Å².